The second-order valence-corrected chi connectivity index (χ2v) is 4.94. The fourth-order valence-electron chi connectivity index (χ4n) is 2.79. The molecule has 0 bridgehead atoms. The van der Waals surface area contributed by atoms with Crippen LogP contribution in [0, 0.1) is 0 Å². The van der Waals surface area contributed by atoms with Crippen molar-refractivity contribution in [2.45, 2.75) is 6.42 Å². The standard InChI is InChI=1S/C17H14N2/c1-2-5-13-11-16-14(10-12(13)4-1)6-3-7-15(16)17-8-9-18-19-17/h1-7,10-11,18H,8-9H2. The van der Waals surface area contributed by atoms with Crippen LogP contribution in [0.5, 0.6) is 0 Å². The van der Waals surface area contributed by atoms with E-state index in [4.69, 9.17) is 0 Å². The predicted octanol–water partition coefficient (Wildman–Crippen LogP) is 3.69. The Bertz CT molecular complexity index is 803. The molecule has 0 saturated carbocycles. The first-order chi connectivity index (χ1) is 9.42. The smallest absolute Gasteiger partial charge is 0.0699 e. The molecule has 1 heterocycles. The summed E-state index contributed by atoms with van der Waals surface area (Å²) < 4.78 is 0. The van der Waals surface area contributed by atoms with Crippen LogP contribution in [0.2, 0.25) is 0 Å². The molecule has 0 radical (unpaired) electrons. The van der Waals surface area contributed by atoms with Crippen LogP contribution in [0.25, 0.3) is 21.5 Å². The van der Waals surface area contributed by atoms with Gasteiger partial charge >= 0.3 is 0 Å². The zero-order valence-corrected chi connectivity index (χ0v) is 10.6. The van der Waals surface area contributed by atoms with Crippen LogP contribution < -0.4 is 5.43 Å². The van der Waals surface area contributed by atoms with E-state index in [1.165, 1.54) is 32.8 Å². The zero-order valence-electron chi connectivity index (χ0n) is 10.6. The second kappa shape index (κ2) is 4.09. The summed E-state index contributed by atoms with van der Waals surface area (Å²) in [6.07, 6.45) is 1.01. The molecule has 0 fully saturated rings. The Morgan fingerprint density at radius 1 is 0.842 bits per heavy atom. The first-order valence-corrected chi connectivity index (χ1v) is 6.63. The molecule has 92 valence electrons. The average molecular weight is 246 g/mol. The lowest BCUT2D eigenvalue weighted by Crippen LogP contribution is -1.98. The van der Waals surface area contributed by atoms with Gasteiger partial charge < -0.3 is 5.43 Å². The lowest BCUT2D eigenvalue weighted by molar-refractivity contribution is 0.813. The number of fused-ring (bicyclic) bond motifs is 2. The number of nitrogens with zero attached hydrogens (tertiary/aromatic N) is 1. The molecule has 0 spiro atoms. The monoisotopic (exact) mass is 246 g/mol. The van der Waals surface area contributed by atoms with Gasteiger partial charge in [-0.05, 0) is 33.7 Å². The SMILES string of the molecule is c1ccc2cc3c(C4=NNCC4)cccc3cc2c1. The van der Waals surface area contributed by atoms with Gasteiger partial charge in [0.1, 0.15) is 0 Å². The molecular formula is C17H14N2. The van der Waals surface area contributed by atoms with Crippen LogP contribution in [-0.2, 0) is 0 Å². The molecule has 3 aromatic rings. The highest BCUT2D eigenvalue weighted by atomic mass is 15.3. The maximum Gasteiger partial charge on any atom is 0.0699 e. The largest absolute Gasteiger partial charge is 0.309 e. The quantitative estimate of drug-likeness (QED) is 0.651. The number of rotatable bonds is 1. The first kappa shape index (κ1) is 10.6. The van der Waals surface area contributed by atoms with E-state index in [9.17, 15) is 0 Å². The van der Waals surface area contributed by atoms with Crippen LogP contribution in [0.3, 0.4) is 0 Å². The van der Waals surface area contributed by atoms with Crippen molar-refractivity contribution in [1.82, 2.24) is 5.43 Å². The van der Waals surface area contributed by atoms with Crippen LogP contribution >= 0.6 is 0 Å². The van der Waals surface area contributed by atoms with E-state index < -0.39 is 0 Å². The summed E-state index contributed by atoms with van der Waals surface area (Å²) >= 11 is 0. The normalized spacial score (nSPS) is 14.6. The Labute approximate surface area is 111 Å². The van der Waals surface area contributed by atoms with Gasteiger partial charge in [0, 0.05) is 18.5 Å². The maximum atomic E-state index is 4.40. The van der Waals surface area contributed by atoms with Gasteiger partial charge in [0.2, 0.25) is 0 Å². The third-order valence-corrected chi connectivity index (χ3v) is 3.75. The average Bonchev–Trinajstić information content (AvgIpc) is 2.98. The number of hydrogen-bond acceptors (Lipinski definition) is 2. The third kappa shape index (κ3) is 1.68. The summed E-state index contributed by atoms with van der Waals surface area (Å²) in [5, 5.41) is 9.56. The minimum Gasteiger partial charge on any atom is -0.309 e. The minimum atomic E-state index is 0.944. The van der Waals surface area contributed by atoms with Crippen molar-refractivity contribution in [3.63, 3.8) is 0 Å². The van der Waals surface area contributed by atoms with Crippen LogP contribution in [0.1, 0.15) is 12.0 Å². The molecule has 4 rings (SSSR count). The Morgan fingerprint density at radius 2 is 1.63 bits per heavy atom. The molecule has 1 aliphatic rings. The summed E-state index contributed by atoms with van der Waals surface area (Å²) in [6, 6.07) is 19.5. The van der Waals surface area contributed by atoms with E-state index in [0.717, 1.165) is 13.0 Å². The topological polar surface area (TPSA) is 24.4 Å². The lowest BCUT2D eigenvalue weighted by Gasteiger charge is -2.07. The van der Waals surface area contributed by atoms with E-state index in [1.54, 1.807) is 0 Å². The Kier molecular flexibility index (Phi) is 2.27. The van der Waals surface area contributed by atoms with Crippen molar-refractivity contribution < 1.29 is 0 Å². The molecule has 1 aliphatic heterocycles. The summed E-state index contributed by atoms with van der Waals surface area (Å²) in [4.78, 5) is 0. The molecular weight excluding hydrogens is 232 g/mol. The van der Waals surface area contributed by atoms with E-state index >= 15 is 0 Å². The van der Waals surface area contributed by atoms with Crippen molar-refractivity contribution in [3.8, 4) is 0 Å². The molecule has 3 aromatic carbocycles. The molecule has 0 unspecified atom stereocenters. The lowest BCUT2D eigenvalue weighted by atomic mass is 9.96. The Balaban J connectivity index is 2.06. The van der Waals surface area contributed by atoms with Crippen LogP contribution in [0.4, 0.5) is 0 Å². The highest BCUT2D eigenvalue weighted by molar-refractivity contribution is 6.13. The molecule has 19 heavy (non-hydrogen) atoms. The van der Waals surface area contributed by atoms with Crippen molar-refractivity contribution in [1.29, 1.82) is 0 Å². The number of hydrogen-bond donors (Lipinski definition) is 1. The molecule has 1 N–H and O–H groups in total. The van der Waals surface area contributed by atoms with Crippen molar-refractivity contribution in [2.75, 3.05) is 6.54 Å². The summed E-state index contributed by atoms with van der Waals surface area (Å²) in [7, 11) is 0. The van der Waals surface area contributed by atoms with Crippen LogP contribution in [0.15, 0.2) is 59.7 Å². The van der Waals surface area contributed by atoms with Gasteiger partial charge in [0.15, 0.2) is 0 Å². The molecule has 2 heteroatoms. The highest BCUT2D eigenvalue weighted by Gasteiger charge is 2.12. The van der Waals surface area contributed by atoms with E-state index in [1.807, 2.05) is 0 Å². The number of hydrazone groups is 1. The molecule has 0 aromatic heterocycles. The van der Waals surface area contributed by atoms with E-state index in [-0.39, 0.29) is 0 Å². The fraction of sp³-hybridized carbons (Fsp3) is 0.118. The van der Waals surface area contributed by atoms with Crippen molar-refractivity contribution in [2.24, 2.45) is 5.10 Å². The van der Waals surface area contributed by atoms with E-state index in [0.29, 0.717) is 0 Å². The van der Waals surface area contributed by atoms with Crippen molar-refractivity contribution in [3.05, 3.63) is 60.2 Å². The number of benzene rings is 3. The predicted molar refractivity (Wildman–Crippen MR) is 80.6 cm³/mol. The first-order valence-electron chi connectivity index (χ1n) is 6.63. The molecule has 0 atom stereocenters. The third-order valence-electron chi connectivity index (χ3n) is 3.75. The molecule has 2 nitrogen and oxygen atoms in total. The van der Waals surface area contributed by atoms with Crippen molar-refractivity contribution >= 4 is 27.3 Å². The Hall–Kier alpha value is -2.35. The van der Waals surface area contributed by atoms with Gasteiger partial charge in [-0.15, -0.1) is 0 Å². The zero-order chi connectivity index (χ0) is 12.7. The fourth-order valence-corrected chi connectivity index (χ4v) is 2.79. The maximum absolute atomic E-state index is 4.40. The molecule has 0 amide bonds. The molecule has 0 aliphatic carbocycles. The number of nitrogens with one attached hydrogen (secondary N) is 1. The minimum absolute atomic E-state index is 0.944. The summed E-state index contributed by atoms with van der Waals surface area (Å²) in [6.45, 7) is 0.944. The summed E-state index contributed by atoms with van der Waals surface area (Å²) in [5.74, 6) is 0. The van der Waals surface area contributed by atoms with Gasteiger partial charge in [0.05, 0.1) is 5.71 Å². The van der Waals surface area contributed by atoms with E-state index in [2.05, 4.69) is 65.1 Å². The second-order valence-electron chi connectivity index (χ2n) is 4.94. The van der Waals surface area contributed by atoms with Gasteiger partial charge in [0.25, 0.3) is 0 Å². The van der Waals surface area contributed by atoms with Gasteiger partial charge in [-0.3, -0.25) is 0 Å². The van der Waals surface area contributed by atoms with Gasteiger partial charge in [-0.1, -0.05) is 42.5 Å². The van der Waals surface area contributed by atoms with Gasteiger partial charge in [-0.2, -0.15) is 5.10 Å². The highest BCUT2D eigenvalue weighted by Crippen LogP contribution is 2.26. The van der Waals surface area contributed by atoms with Gasteiger partial charge in [-0.25, -0.2) is 0 Å². The Morgan fingerprint density at radius 3 is 2.42 bits per heavy atom. The summed E-state index contributed by atoms with van der Waals surface area (Å²) in [5.41, 5.74) is 5.49. The molecule has 0 saturated heterocycles. The van der Waals surface area contributed by atoms with Crippen LogP contribution in [-0.4, -0.2) is 12.3 Å².